The van der Waals surface area contributed by atoms with E-state index < -0.39 is 12.0 Å². The Kier molecular flexibility index (Phi) is 3.69. The summed E-state index contributed by atoms with van der Waals surface area (Å²) in [7, 11) is 0. The molecule has 0 spiro atoms. The number of amides is 1. The standard InChI is InChI=1S/C15H21N3O3/c1-10(15(20)21)17(11-6-7-11)14(19)13-8-9-16-18(13)12-4-2-3-5-12/h8-12H,2-7H2,1H3,(H,20,21). The van der Waals surface area contributed by atoms with Crippen LogP contribution in [-0.2, 0) is 4.79 Å². The van der Waals surface area contributed by atoms with Gasteiger partial charge in [-0.1, -0.05) is 12.8 Å². The van der Waals surface area contributed by atoms with Gasteiger partial charge in [-0.05, 0) is 38.7 Å². The molecule has 0 aliphatic heterocycles. The third-order valence-electron chi connectivity index (χ3n) is 4.51. The second kappa shape index (κ2) is 5.50. The molecule has 1 atom stereocenters. The van der Waals surface area contributed by atoms with Crippen LogP contribution in [-0.4, -0.2) is 43.7 Å². The predicted octanol–water partition coefficient (Wildman–Crippen LogP) is 2.08. The predicted molar refractivity (Wildman–Crippen MR) is 76.0 cm³/mol. The number of carbonyl (C=O) groups excluding carboxylic acids is 1. The smallest absolute Gasteiger partial charge is 0.326 e. The van der Waals surface area contributed by atoms with E-state index >= 15 is 0 Å². The highest BCUT2D eigenvalue weighted by Gasteiger charge is 2.40. The summed E-state index contributed by atoms with van der Waals surface area (Å²) >= 11 is 0. The molecule has 1 heterocycles. The lowest BCUT2D eigenvalue weighted by Crippen LogP contribution is -2.45. The Morgan fingerprint density at radius 1 is 1.33 bits per heavy atom. The van der Waals surface area contributed by atoms with Gasteiger partial charge in [0.1, 0.15) is 11.7 Å². The fourth-order valence-corrected chi connectivity index (χ4v) is 3.19. The van der Waals surface area contributed by atoms with E-state index in [1.54, 1.807) is 23.9 Å². The summed E-state index contributed by atoms with van der Waals surface area (Å²) in [6.45, 7) is 1.58. The topological polar surface area (TPSA) is 75.4 Å². The fraction of sp³-hybridized carbons (Fsp3) is 0.667. The third-order valence-corrected chi connectivity index (χ3v) is 4.51. The zero-order valence-corrected chi connectivity index (χ0v) is 12.2. The van der Waals surface area contributed by atoms with E-state index in [4.69, 9.17) is 0 Å². The first-order chi connectivity index (χ1) is 10.1. The molecule has 0 aromatic carbocycles. The highest BCUT2D eigenvalue weighted by Crippen LogP contribution is 2.33. The largest absolute Gasteiger partial charge is 0.480 e. The highest BCUT2D eigenvalue weighted by atomic mass is 16.4. The first kappa shape index (κ1) is 14.1. The maximum absolute atomic E-state index is 12.8. The molecule has 1 unspecified atom stereocenters. The molecule has 2 saturated carbocycles. The van der Waals surface area contributed by atoms with Crippen LogP contribution in [0.3, 0.4) is 0 Å². The van der Waals surface area contributed by atoms with E-state index in [1.165, 1.54) is 4.90 Å². The van der Waals surface area contributed by atoms with Crippen LogP contribution in [0.15, 0.2) is 12.3 Å². The Labute approximate surface area is 123 Å². The average molecular weight is 291 g/mol. The van der Waals surface area contributed by atoms with E-state index in [9.17, 15) is 14.7 Å². The summed E-state index contributed by atoms with van der Waals surface area (Å²) in [6.07, 6.45) is 7.83. The Morgan fingerprint density at radius 3 is 2.57 bits per heavy atom. The number of carbonyl (C=O) groups is 2. The van der Waals surface area contributed by atoms with Gasteiger partial charge in [0.25, 0.3) is 5.91 Å². The molecule has 2 aliphatic carbocycles. The number of rotatable bonds is 5. The zero-order chi connectivity index (χ0) is 15.0. The molecular weight excluding hydrogens is 270 g/mol. The molecule has 1 N–H and O–H groups in total. The molecule has 2 fully saturated rings. The molecule has 1 aromatic rings. The van der Waals surface area contributed by atoms with E-state index in [-0.39, 0.29) is 18.0 Å². The Balaban J connectivity index is 1.86. The molecule has 6 nitrogen and oxygen atoms in total. The second-order valence-corrected chi connectivity index (χ2v) is 6.06. The number of nitrogens with zero attached hydrogens (tertiary/aromatic N) is 3. The molecule has 3 rings (SSSR count). The number of carboxylic acids is 1. The first-order valence-electron chi connectivity index (χ1n) is 7.68. The van der Waals surface area contributed by atoms with Gasteiger partial charge in [0, 0.05) is 12.2 Å². The molecule has 6 heteroatoms. The zero-order valence-electron chi connectivity index (χ0n) is 12.2. The van der Waals surface area contributed by atoms with Gasteiger partial charge in [-0.3, -0.25) is 9.48 Å². The van der Waals surface area contributed by atoms with Crippen LogP contribution < -0.4 is 0 Å². The van der Waals surface area contributed by atoms with Gasteiger partial charge in [0.15, 0.2) is 0 Å². The Bertz CT molecular complexity index is 544. The van der Waals surface area contributed by atoms with Crippen molar-refractivity contribution >= 4 is 11.9 Å². The van der Waals surface area contributed by atoms with Crippen molar-refractivity contribution < 1.29 is 14.7 Å². The van der Waals surface area contributed by atoms with Gasteiger partial charge >= 0.3 is 5.97 Å². The van der Waals surface area contributed by atoms with Gasteiger partial charge in [0.2, 0.25) is 0 Å². The Morgan fingerprint density at radius 2 is 2.00 bits per heavy atom. The normalized spacial score (nSPS) is 20.4. The summed E-state index contributed by atoms with van der Waals surface area (Å²) in [5, 5.41) is 13.5. The summed E-state index contributed by atoms with van der Waals surface area (Å²) in [4.78, 5) is 25.6. The Hall–Kier alpha value is -1.85. The van der Waals surface area contributed by atoms with E-state index in [0.29, 0.717) is 5.69 Å². The molecule has 114 valence electrons. The number of hydrogen-bond acceptors (Lipinski definition) is 3. The SMILES string of the molecule is CC(C(=O)O)N(C(=O)c1ccnn1C1CCCC1)C1CC1. The maximum Gasteiger partial charge on any atom is 0.326 e. The van der Waals surface area contributed by atoms with Crippen molar-refractivity contribution in [3.63, 3.8) is 0 Å². The van der Waals surface area contributed by atoms with Crippen LogP contribution >= 0.6 is 0 Å². The van der Waals surface area contributed by atoms with Crippen molar-refractivity contribution in [1.29, 1.82) is 0 Å². The van der Waals surface area contributed by atoms with Crippen molar-refractivity contribution in [1.82, 2.24) is 14.7 Å². The molecule has 21 heavy (non-hydrogen) atoms. The molecular formula is C15H21N3O3. The van der Waals surface area contributed by atoms with Crippen LogP contribution in [0.2, 0.25) is 0 Å². The summed E-state index contributed by atoms with van der Waals surface area (Å²) in [5.41, 5.74) is 0.530. The summed E-state index contributed by atoms with van der Waals surface area (Å²) in [6, 6.07) is 1.26. The van der Waals surface area contributed by atoms with Gasteiger partial charge < -0.3 is 10.0 Å². The van der Waals surface area contributed by atoms with Gasteiger partial charge in [0.05, 0.1) is 6.04 Å². The second-order valence-electron chi connectivity index (χ2n) is 6.06. The van der Waals surface area contributed by atoms with Crippen LogP contribution in [0, 0.1) is 0 Å². The molecule has 0 saturated heterocycles. The lowest BCUT2D eigenvalue weighted by molar-refractivity contribution is -0.141. The van der Waals surface area contributed by atoms with Crippen LogP contribution in [0.1, 0.15) is 62.0 Å². The van der Waals surface area contributed by atoms with Crippen molar-refractivity contribution in [3.8, 4) is 0 Å². The average Bonchev–Trinajstić information content (AvgIpc) is 2.96. The minimum atomic E-state index is -0.956. The number of aliphatic carboxylic acids is 1. The summed E-state index contributed by atoms with van der Waals surface area (Å²) in [5.74, 6) is -1.15. The van der Waals surface area contributed by atoms with Gasteiger partial charge in [-0.15, -0.1) is 0 Å². The van der Waals surface area contributed by atoms with E-state index in [1.807, 2.05) is 0 Å². The van der Waals surface area contributed by atoms with Crippen molar-refractivity contribution in [2.45, 2.75) is 63.6 Å². The fourth-order valence-electron chi connectivity index (χ4n) is 3.19. The van der Waals surface area contributed by atoms with Crippen molar-refractivity contribution in [3.05, 3.63) is 18.0 Å². The minimum absolute atomic E-state index is 0.0653. The lowest BCUT2D eigenvalue weighted by atomic mass is 10.2. The van der Waals surface area contributed by atoms with Crippen molar-refractivity contribution in [2.75, 3.05) is 0 Å². The van der Waals surface area contributed by atoms with Crippen molar-refractivity contribution in [2.24, 2.45) is 0 Å². The lowest BCUT2D eigenvalue weighted by Gasteiger charge is -2.27. The number of aromatic nitrogens is 2. The summed E-state index contributed by atoms with van der Waals surface area (Å²) < 4.78 is 1.80. The monoisotopic (exact) mass is 291 g/mol. The van der Waals surface area contributed by atoms with Crippen LogP contribution in [0.25, 0.3) is 0 Å². The molecule has 1 aromatic heterocycles. The molecule has 0 bridgehead atoms. The first-order valence-corrected chi connectivity index (χ1v) is 7.68. The highest BCUT2D eigenvalue weighted by molar-refractivity contribution is 5.95. The molecule has 2 aliphatic rings. The quantitative estimate of drug-likeness (QED) is 0.901. The molecule has 0 radical (unpaired) electrons. The minimum Gasteiger partial charge on any atom is -0.480 e. The van der Waals surface area contributed by atoms with E-state index in [2.05, 4.69) is 5.10 Å². The third kappa shape index (κ3) is 2.66. The molecule has 1 amide bonds. The van der Waals surface area contributed by atoms with Crippen LogP contribution in [0.5, 0.6) is 0 Å². The maximum atomic E-state index is 12.8. The van der Waals surface area contributed by atoms with Gasteiger partial charge in [-0.2, -0.15) is 5.10 Å². The number of hydrogen-bond donors (Lipinski definition) is 1. The van der Waals surface area contributed by atoms with Gasteiger partial charge in [-0.25, -0.2) is 4.79 Å². The van der Waals surface area contributed by atoms with Crippen LogP contribution in [0.4, 0.5) is 0 Å². The number of carboxylic acid groups (broad SMARTS) is 1. The van der Waals surface area contributed by atoms with E-state index in [0.717, 1.165) is 38.5 Å².